The number of amides is 1. The molecule has 1 rings (SSSR count). The van der Waals surface area contributed by atoms with Gasteiger partial charge in [-0.25, -0.2) is 4.79 Å². The van der Waals surface area contributed by atoms with Crippen LogP contribution in [0.25, 0.3) is 0 Å². The second-order valence-corrected chi connectivity index (χ2v) is 6.07. The molecule has 116 valence electrons. The van der Waals surface area contributed by atoms with Crippen molar-refractivity contribution in [1.82, 2.24) is 5.32 Å². The molecule has 2 N–H and O–H groups in total. The van der Waals surface area contributed by atoms with Crippen LogP contribution in [0.3, 0.4) is 0 Å². The lowest BCUT2D eigenvalue weighted by molar-refractivity contribution is -0.143. The molecule has 0 aliphatic rings. The van der Waals surface area contributed by atoms with E-state index < -0.39 is 12.0 Å². The Kier molecular flexibility index (Phi) is 7.08. The number of aliphatic carboxylic acids is 1. The Morgan fingerprint density at radius 2 is 1.90 bits per heavy atom. The van der Waals surface area contributed by atoms with Gasteiger partial charge in [-0.2, -0.15) is 0 Å². The molecular formula is C15H21NO4S. The molecule has 21 heavy (non-hydrogen) atoms. The van der Waals surface area contributed by atoms with Crippen LogP contribution in [0.15, 0.2) is 29.2 Å². The van der Waals surface area contributed by atoms with Gasteiger partial charge in [-0.1, -0.05) is 13.8 Å². The molecule has 0 heterocycles. The molecule has 0 spiro atoms. The summed E-state index contributed by atoms with van der Waals surface area (Å²) in [6.45, 7) is 3.54. The van der Waals surface area contributed by atoms with Crippen LogP contribution >= 0.6 is 11.8 Å². The predicted molar refractivity (Wildman–Crippen MR) is 82.7 cm³/mol. The van der Waals surface area contributed by atoms with E-state index >= 15 is 0 Å². The fourth-order valence-electron chi connectivity index (χ4n) is 1.69. The first-order valence-corrected chi connectivity index (χ1v) is 7.71. The second kappa shape index (κ2) is 8.56. The van der Waals surface area contributed by atoms with Gasteiger partial charge in [0.25, 0.3) is 0 Å². The Morgan fingerprint density at radius 1 is 1.29 bits per heavy atom. The van der Waals surface area contributed by atoms with Gasteiger partial charge in [0.05, 0.1) is 7.11 Å². The van der Waals surface area contributed by atoms with Crippen LogP contribution < -0.4 is 10.1 Å². The topological polar surface area (TPSA) is 75.6 Å². The van der Waals surface area contributed by atoms with Crippen molar-refractivity contribution in [2.24, 2.45) is 5.92 Å². The highest BCUT2D eigenvalue weighted by Crippen LogP contribution is 2.21. The lowest BCUT2D eigenvalue weighted by Crippen LogP contribution is -2.44. The number of carbonyl (C=O) groups excluding carboxylic acids is 1. The summed E-state index contributed by atoms with van der Waals surface area (Å²) in [6.07, 6.45) is 0.285. The first kappa shape index (κ1) is 17.4. The maximum atomic E-state index is 11.7. The first-order chi connectivity index (χ1) is 9.93. The molecule has 0 unspecified atom stereocenters. The summed E-state index contributed by atoms with van der Waals surface area (Å²) in [5, 5.41) is 11.6. The number of carbonyl (C=O) groups is 2. The van der Waals surface area contributed by atoms with Crippen molar-refractivity contribution in [2.75, 3.05) is 12.9 Å². The molecular weight excluding hydrogens is 290 g/mol. The Morgan fingerprint density at radius 3 is 2.38 bits per heavy atom. The van der Waals surface area contributed by atoms with Crippen LogP contribution in [0.2, 0.25) is 0 Å². The van der Waals surface area contributed by atoms with Crippen LogP contribution in [0.4, 0.5) is 0 Å². The van der Waals surface area contributed by atoms with E-state index in [0.29, 0.717) is 5.75 Å². The summed E-state index contributed by atoms with van der Waals surface area (Å²) >= 11 is 1.55. The van der Waals surface area contributed by atoms with Crippen molar-refractivity contribution in [3.8, 4) is 5.75 Å². The van der Waals surface area contributed by atoms with Crippen LogP contribution in [-0.2, 0) is 9.59 Å². The van der Waals surface area contributed by atoms with Crippen LogP contribution in [-0.4, -0.2) is 35.9 Å². The number of carboxylic acids is 1. The number of carboxylic acid groups (broad SMARTS) is 1. The zero-order chi connectivity index (χ0) is 15.8. The van der Waals surface area contributed by atoms with E-state index in [1.165, 1.54) is 0 Å². The SMILES string of the molecule is COc1ccc(SCCC(=O)N[C@H](C(=O)O)C(C)C)cc1. The predicted octanol–water partition coefficient (Wildman–Crippen LogP) is 2.40. The third kappa shape index (κ3) is 6.08. The van der Waals surface area contributed by atoms with E-state index in [9.17, 15) is 9.59 Å². The van der Waals surface area contributed by atoms with Gasteiger partial charge < -0.3 is 15.2 Å². The van der Waals surface area contributed by atoms with Gasteiger partial charge in [0.1, 0.15) is 11.8 Å². The number of hydrogen-bond acceptors (Lipinski definition) is 4. The van der Waals surface area contributed by atoms with Gasteiger partial charge >= 0.3 is 5.97 Å². The molecule has 0 aromatic heterocycles. The molecule has 6 heteroatoms. The Hall–Kier alpha value is -1.69. The Balaban J connectivity index is 2.37. The molecule has 1 aromatic carbocycles. The van der Waals surface area contributed by atoms with E-state index in [1.807, 2.05) is 24.3 Å². The molecule has 0 bridgehead atoms. The fraction of sp³-hybridized carbons (Fsp3) is 0.467. The molecule has 0 fully saturated rings. The van der Waals surface area contributed by atoms with Gasteiger partial charge in [0.2, 0.25) is 5.91 Å². The van der Waals surface area contributed by atoms with Gasteiger partial charge in [0.15, 0.2) is 0 Å². The Bertz CT molecular complexity index is 473. The molecule has 0 saturated carbocycles. The minimum Gasteiger partial charge on any atom is -0.497 e. The highest BCUT2D eigenvalue weighted by Gasteiger charge is 2.22. The number of nitrogens with one attached hydrogen (secondary N) is 1. The minimum atomic E-state index is -0.999. The highest BCUT2D eigenvalue weighted by molar-refractivity contribution is 7.99. The summed E-state index contributed by atoms with van der Waals surface area (Å²) in [6, 6.07) is 6.75. The maximum absolute atomic E-state index is 11.7. The summed E-state index contributed by atoms with van der Waals surface area (Å²) in [5.74, 6) is 0.0140. The smallest absolute Gasteiger partial charge is 0.326 e. The molecule has 1 amide bonds. The molecule has 5 nitrogen and oxygen atoms in total. The second-order valence-electron chi connectivity index (χ2n) is 4.90. The van der Waals surface area contributed by atoms with Crippen molar-refractivity contribution in [1.29, 1.82) is 0 Å². The van der Waals surface area contributed by atoms with Crippen molar-refractivity contribution in [2.45, 2.75) is 31.2 Å². The normalized spacial score (nSPS) is 12.0. The molecule has 0 radical (unpaired) electrons. The number of hydrogen-bond donors (Lipinski definition) is 2. The van der Waals surface area contributed by atoms with E-state index in [0.717, 1.165) is 10.6 Å². The maximum Gasteiger partial charge on any atom is 0.326 e. The zero-order valence-electron chi connectivity index (χ0n) is 12.5. The van der Waals surface area contributed by atoms with Gasteiger partial charge in [-0.05, 0) is 30.2 Å². The van der Waals surface area contributed by atoms with E-state index in [1.54, 1.807) is 32.7 Å². The largest absolute Gasteiger partial charge is 0.497 e. The molecule has 0 saturated heterocycles. The highest BCUT2D eigenvalue weighted by atomic mass is 32.2. The quantitative estimate of drug-likeness (QED) is 0.721. The van der Waals surface area contributed by atoms with E-state index in [4.69, 9.17) is 9.84 Å². The van der Waals surface area contributed by atoms with Crippen molar-refractivity contribution in [3.05, 3.63) is 24.3 Å². The lowest BCUT2D eigenvalue weighted by atomic mass is 10.0. The average molecular weight is 311 g/mol. The van der Waals surface area contributed by atoms with Gasteiger partial charge in [0, 0.05) is 17.1 Å². The standard InChI is InChI=1S/C15H21NO4S/c1-10(2)14(15(18)19)16-13(17)8-9-21-12-6-4-11(20-3)5-7-12/h4-7,10,14H,8-9H2,1-3H3,(H,16,17)(H,18,19)/t14-/m0/s1. The van der Waals surface area contributed by atoms with Crippen LogP contribution in [0.1, 0.15) is 20.3 Å². The van der Waals surface area contributed by atoms with Crippen molar-refractivity contribution in [3.63, 3.8) is 0 Å². The fourth-order valence-corrected chi connectivity index (χ4v) is 2.54. The number of methoxy groups -OCH3 is 1. The van der Waals surface area contributed by atoms with E-state index in [-0.39, 0.29) is 18.2 Å². The number of benzene rings is 1. The molecule has 1 atom stereocenters. The average Bonchev–Trinajstić information content (AvgIpc) is 2.45. The lowest BCUT2D eigenvalue weighted by Gasteiger charge is -2.17. The zero-order valence-corrected chi connectivity index (χ0v) is 13.3. The summed E-state index contributed by atoms with van der Waals surface area (Å²) in [4.78, 5) is 23.8. The number of rotatable bonds is 8. The molecule has 0 aliphatic heterocycles. The summed E-state index contributed by atoms with van der Waals surface area (Å²) in [7, 11) is 1.61. The summed E-state index contributed by atoms with van der Waals surface area (Å²) < 4.78 is 5.07. The molecule has 0 aliphatic carbocycles. The monoisotopic (exact) mass is 311 g/mol. The van der Waals surface area contributed by atoms with Crippen molar-refractivity contribution >= 4 is 23.6 Å². The first-order valence-electron chi connectivity index (χ1n) is 6.73. The minimum absolute atomic E-state index is 0.138. The van der Waals surface area contributed by atoms with Gasteiger partial charge in [-0.3, -0.25) is 4.79 Å². The number of thioether (sulfide) groups is 1. The van der Waals surface area contributed by atoms with Crippen LogP contribution in [0.5, 0.6) is 5.75 Å². The van der Waals surface area contributed by atoms with E-state index in [2.05, 4.69) is 5.32 Å². The van der Waals surface area contributed by atoms with Crippen molar-refractivity contribution < 1.29 is 19.4 Å². The summed E-state index contributed by atoms with van der Waals surface area (Å²) in [5.41, 5.74) is 0. The third-order valence-corrected chi connectivity index (χ3v) is 3.92. The third-order valence-electron chi connectivity index (χ3n) is 2.91. The molecule has 1 aromatic rings. The van der Waals surface area contributed by atoms with Crippen LogP contribution in [0, 0.1) is 5.92 Å². The Labute approximate surface area is 129 Å². The van der Waals surface area contributed by atoms with Gasteiger partial charge in [-0.15, -0.1) is 11.8 Å². The number of ether oxygens (including phenoxy) is 1.